The predicted molar refractivity (Wildman–Crippen MR) is 113 cm³/mol. The second-order valence-corrected chi connectivity index (χ2v) is 6.08. The van der Waals surface area contributed by atoms with E-state index in [9.17, 15) is 0 Å². The molecule has 146 valence electrons. The zero-order valence-electron chi connectivity index (χ0n) is 16.3. The van der Waals surface area contributed by atoms with Crippen molar-refractivity contribution in [2.24, 2.45) is 0 Å². The van der Waals surface area contributed by atoms with Crippen LogP contribution in [0.1, 0.15) is 18.6 Å². The SMILES string of the molecule is CCc1nc(N)nc(-c2ccccc2)n1.Cc1nc(N)nc(-c2ccccc2)n1. The quantitative estimate of drug-likeness (QED) is 0.549. The van der Waals surface area contributed by atoms with E-state index in [1.54, 1.807) is 6.92 Å². The Balaban J connectivity index is 0.000000166. The van der Waals surface area contributed by atoms with E-state index in [1.807, 2.05) is 67.6 Å². The van der Waals surface area contributed by atoms with Crippen molar-refractivity contribution < 1.29 is 0 Å². The maximum absolute atomic E-state index is 5.61. The largest absolute Gasteiger partial charge is 0.368 e. The van der Waals surface area contributed by atoms with Crippen LogP contribution in [0.5, 0.6) is 0 Å². The summed E-state index contributed by atoms with van der Waals surface area (Å²) in [5, 5.41) is 0. The van der Waals surface area contributed by atoms with Crippen molar-refractivity contribution in [3.8, 4) is 22.8 Å². The second kappa shape index (κ2) is 9.32. The van der Waals surface area contributed by atoms with E-state index >= 15 is 0 Å². The lowest BCUT2D eigenvalue weighted by atomic mass is 10.2. The Bertz CT molecular complexity index is 1050. The van der Waals surface area contributed by atoms with E-state index in [4.69, 9.17) is 11.5 Å². The van der Waals surface area contributed by atoms with Crippen molar-refractivity contribution in [3.63, 3.8) is 0 Å². The van der Waals surface area contributed by atoms with Crippen LogP contribution in [-0.2, 0) is 6.42 Å². The number of aromatic nitrogens is 6. The average Bonchev–Trinajstić information content (AvgIpc) is 2.74. The molecule has 0 atom stereocenters. The predicted octanol–water partition coefficient (Wildman–Crippen LogP) is 3.11. The van der Waals surface area contributed by atoms with Crippen LogP contribution in [0.3, 0.4) is 0 Å². The van der Waals surface area contributed by atoms with Gasteiger partial charge in [-0.3, -0.25) is 0 Å². The molecule has 2 heterocycles. The summed E-state index contributed by atoms with van der Waals surface area (Å²) < 4.78 is 0. The van der Waals surface area contributed by atoms with Crippen LogP contribution in [0.25, 0.3) is 22.8 Å². The minimum atomic E-state index is 0.261. The normalized spacial score (nSPS) is 10.1. The lowest BCUT2D eigenvalue weighted by molar-refractivity contribution is 0.913. The molecule has 29 heavy (non-hydrogen) atoms. The van der Waals surface area contributed by atoms with Crippen LogP contribution >= 0.6 is 0 Å². The van der Waals surface area contributed by atoms with Gasteiger partial charge < -0.3 is 11.5 Å². The van der Waals surface area contributed by atoms with Gasteiger partial charge in [-0.1, -0.05) is 67.6 Å². The van der Waals surface area contributed by atoms with Gasteiger partial charge in [0.1, 0.15) is 11.6 Å². The number of hydrogen-bond acceptors (Lipinski definition) is 8. The first-order valence-electron chi connectivity index (χ1n) is 9.14. The molecular formula is C21H22N8. The maximum Gasteiger partial charge on any atom is 0.223 e. The van der Waals surface area contributed by atoms with Gasteiger partial charge in [0.15, 0.2) is 11.6 Å². The highest BCUT2D eigenvalue weighted by molar-refractivity contribution is 5.56. The number of hydrogen-bond donors (Lipinski definition) is 2. The van der Waals surface area contributed by atoms with Crippen LogP contribution in [-0.4, -0.2) is 29.9 Å². The summed E-state index contributed by atoms with van der Waals surface area (Å²) >= 11 is 0. The number of nitrogen functional groups attached to an aromatic ring is 2. The molecule has 2 aromatic heterocycles. The summed E-state index contributed by atoms with van der Waals surface area (Å²) in [5.41, 5.74) is 13.1. The fourth-order valence-corrected chi connectivity index (χ4v) is 2.53. The molecule has 0 unspecified atom stereocenters. The highest BCUT2D eigenvalue weighted by Gasteiger charge is 2.04. The van der Waals surface area contributed by atoms with Gasteiger partial charge in [-0.2, -0.15) is 19.9 Å². The third-order valence-corrected chi connectivity index (χ3v) is 3.84. The van der Waals surface area contributed by atoms with E-state index in [1.165, 1.54) is 0 Å². The molecule has 4 rings (SSSR count). The molecular weight excluding hydrogens is 364 g/mol. The van der Waals surface area contributed by atoms with Crippen LogP contribution in [0, 0.1) is 6.92 Å². The highest BCUT2D eigenvalue weighted by atomic mass is 15.1. The first-order valence-corrected chi connectivity index (χ1v) is 9.14. The lowest BCUT2D eigenvalue weighted by Gasteiger charge is -2.02. The van der Waals surface area contributed by atoms with Crippen molar-refractivity contribution >= 4 is 11.9 Å². The monoisotopic (exact) mass is 386 g/mol. The fourth-order valence-electron chi connectivity index (χ4n) is 2.53. The minimum Gasteiger partial charge on any atom is -0.368 e. The Labute approximate surface area is 169 Å². The van der Waals surface area contributed by atoms with Gasteiger partial charge in [0.05, 0.1) is 0 Å². The van der Waals surface area contributed by atoms with Crippen molar-refractivity contribution in [2.75, 3.05) is 11.5 Å². The van der Waals surface area contributed by atoms with Gasteiger partial charge in [0.2, 0.25) is 11.9 Å². The van der Waals surface area contributed by atoms with Crippen molar-refractivity contribution in [3.05, 3.63) is 72.3 Å². The Kier molecular flexibility index (Phi) is 6.36. The topological polar surface area (TPSA) is 129 Å². The molecule has 0 fully saturated rings. The second-order valence-electron chi connectivity index (χ2n) is 6.08. The number of rotatable bonds is 3. The van der Waals surface area contributed by atoms with Gasteiger partial charge in [-0.15, -0.1) is 0 Å². The first kappa shape index (κ1) is 19.8. The summed E-state index contributed by atoms with van der Waals surface area (Å²) in [6.07, 6.45) is 0.757. The lowest BCUT2D eigenvalue weighted by Crippen LogP contribution is -2.03. The number of benzene rings is 2. The molecule has 0 radical (unpaired) electrons. The fraction of sp³-hybridized carbons (Fsp3) is 0.143. The van der Waals surface area contributed by atoms with E-state index in [-0.39, 0.29) is 11.9 Å². The summed E-state index contributed by atoms with van der Waals surface area (Å²) in [5.74, 6) is 3.16. The van der Waals surface area contributed by atoms with Gasteiger partial charge in [0, 0.05) is 17.5 Å². The summed E-state index contributed by atoms with van der Waals surface area (Å²) in [6, 6.07) is 19.4. The third kappa shape index (κ3) is 5.52. The third-order valence-electron chi connectivity index (χ3n) is 3.84. The molecule has 0 amide bonds. The van der Waals surface area contributed by atoms with Crippen LogP contribution in [0.4, 0.5) is 11.9 Å². The zero-order chi connectivity index (χ0) is 20.6. The van der Waals surface area contributed by atoms with Crippen LogP contribution in [0.15, 0.2) is 60.7 Å². The number of aryl methyl sites for hydroxylation is 2. The van der Waals surface area contributed by atoms with E-state index < -0.39 is 0 Å². The molecule has 0 bridgehead atoms. The highest BCUT2D eigenvalue weighted by Crippen LogP contribution is 2.15. The molecule has 0 spiro atoms. The van der Waals surface area contributed by atoms with Crippen molar-refractivity contribution in [2.45, 2.75) is 20.3 Å². The number of anilines is 2. The van der Waals surface area contributed by atoms with E-state index in [2.05, 4.69) is 29.9 Å². The molecule has 8 heteroatoms. The molecule has 0 aliphatic carbocycles. The molecule has 0 aliphatic rings. The Morgan fingerprint density at radius 1 is 0.621 bits per heavy atom. The van der Waals surface area contributed by atoms with E-state index in [0.29, 0.717) is 17.5 Å². The maximum atomic E-state index is 5.61. The van der Waals surface area contributed by atoms with Gasteiger partial charge in [-0.25, -0.2) is 9.97 Å². The Morgan fingerprint density at radius 3 is 1.59 bits per heavy atom. The van der Waals surface area contributed by atoms with Gasteiger partial charge in [-0.05, 0) is 6.92 Å². The number of nitrogens with two attached hydrogens (primary N) is 2. The first-order chi connectivity index (χ1) is 14.0. The molecule has 0 saturated carbocycles. The standard InChI is InChI=1S/C11H12N4.C10H10N4/c1-2-9-13-10(15-11(12)14-9)8-6-4-3-5-7-8;1-7-12-9(14-10(11)13-7)8-5-3-2-4-6-8/h3-7H,2H2,1H3,(H2,12,13,14,15);2-6H,1H3,(H2,11,12,13,14). The molecule has 0 aliphatic heterocycles. The minimum absolute atomic E-state index is 0.261. The van der Waals surface area contributed by atoms with Crippen LogP contribution in [0.2, 0.25) is 0 Å². The zero-order valence-corrected chi connectivity index (χ0v) is 16.3. The smallest absolute Gasteiger partial charge is 0.223 e. The molecule has 4 aromatic rings. The van der Waals surface area contributed by atoms with Crippen molar-refractivity contribution in [1.82, 2.24) is 29.9 Å². The molecule has 0 saturated heterocycles. The van der Waals surface area contributed by atoms with Crippen LogP contribution < -0.4 is 11.5 Å². The molecule has 8 nitrogen and oxygen atoms in total. The Morgan fingerprint density at radius 2 is 1.10 bits per heavy atom. The Hall–Kier alpha value is -3.94. The van der Waals surface area contributed by atoms with E-state index in [0.717, 1.165) is 23.4 Å². The molecule has 2 aromatic carbocycles. The summed E-state index contributed by atoms with van der Waals surface area (Å²) in [6.45, 7) is 3.79. The van der Waals surface area contributed by atoms with Crippen molar-refractivity contribution in [1.29, 1.82) is 0 Å². The number of nitrogens with zero attached hydrogens (tertiary/aromatic N) is 6. The summed E-state index contributed by atoms with van der Waals surface area (Å²) in [4.78, 5) is 24.6. The average molecular weight is 386 g/mol. The van der Waals surface area contributed by atoms with Gasteiger partial charge in [0.25, 0.3) is 0 Å². The van der Waals surface area contributed by atoms with Gasteiger partial charge >= 0.3 is 0 Å². The molecule has 4 N–H and O–H groups in total. The summed E-state index contributed by atoms with van der Waals surface area (Å²) in [7, 11) is 0.